The molecule has 0 aromatic heterocycles. The standard InChI is InChI=1S/C20H23N3O5S/c1-22-10-12-23(13-11-22)19(24)15-6-8-17(9-7-15)21-29(26,27)18-5-3-4-16(14-18)20(25)28-2/h3-9,14,21H,10-13H2,1-2H3. The van der Waals surface area contributed by atoms with Crippen molar-refractivity contribution in [3.05, 3.63) is 59.7 Å². The number of nitrogens with one attached hydrogen (secondary N) is 1. The van der Waals surface area contributed by atoms with Crippen LogP contribution >= 0.6 is 0 Å². The largest absolute Gasteiger partial charge is 0.465 e. The van der Waals surface area contributed by atoms with E-state index in [9.17, 15) is 18.0 Å². The molecule has 0 saturated carbocycles. The SMILES string of the molecule is COC(=O)c1cccc(S(=O)(=O)Nc2ccc(C(=O)N3CCN(C)CC3)cc2)c1. The van der Waals surface area contributed by atoms with Crippen LogP contribution in [0.2, 0.25) is 0 Å². The van der Waals surface area contributed by atoms with Gasteiger partial charge in [0.25, 0.3) is 15.9 Å². The van der Waals surface area contributed by atoms with Gasteiger partial charge in [-0.15, -0.1) is 0 Å². The van der Waals surface area contributed by atoms with Gasteiger partial charge in [-0.2, -0.15) is 0 Å². The third kappa shape index (κ3) is 4.93. The maximum atomic E-state index is 12.6. The molecule has 1 aliphatic heterocycles. The highest BCUT2D eigenvalue weighted by Crippen LogP contribution is 2.19. The number of carbonyl (C=O) groups is 2. The number of benzene rings is 2. The quantitative estimate of drug-likeness (QED) is 0.744. The van der Waals surface area contributed by atoms with Crippen molar-refractivity contribution < 1.29 is 22.7 Å². The summed E-state index contributed by atoms with van der Waals surface area (Å²) in [4.78, 5) is 28.1. The summed E-state index contributed by atoms with van der Waals surface area (Å²) in [6.07, 6.45) is 0. The third-order valence-electron chi connectivity index (χ3n) is 4.74. The van der Waals surface area contributed by atoms with Crippen LogP contribution in [0.3, 0.4) is 0 Å². The number of ether oxygens (including phenoxy) is 1. The van der Waals surface area contributed by atoms with Crippen LogP contribution in [0.15, 0.2) is 53.4 Å². The number of esters is 1. The molecule has 0 atom stereocenters. The molecule has 29 heavy (non-hydrogen) atoms. The highest BCUT2D eigenvalue weighted by Gasteiger charge is 2.21. The van der Waals surface area contributed by atoms with Gasteiger partial charge in [-0.3, -0.25) is 9.52 Å². The van der Waals surface area contributed by atoms with Gasteiger partial charge in [-0.05, 0) is 49.5 Å². The van der Waals surface area contributed by atoms with Gasteiger partial charge in [0, 0.05) is 37.4 Å². The first-order chi connectivity index (χ1) is 13.8. The zero-order valence-electron chi connectivity index (χ0n) is 16.3. The van der Waals surface area contributed by atoms with E-state index in [0.29, 0.717) is 24.3 Å². The Kier molecular flexibility index (Phi) is 6.19. The fraction of sp³-hybridized carbons (Fsp3) is 0.300. The number of anilines is 1. The van der Waals surface area contributed by atoms with Gasteiger partial charge in [0.2, 0.25) is 0 Å². The average Bonchev–Trinajstić information content (AvgIpc) is 2.73. The topological polar surface area (TPSA) is 96.0 Å². The van der Waals surface area contributed by atoms with Crippen LogP contribution in [0.4, 0.5) is 5.69 Å². The summed E-state index contributed by atoms with van der Waals surface area (Å²) < 4.78 is 32.3. The van der Waals surface area contributed by atoms with Gasteiger partial charge in [0.1, 0.15) is 0 Å². The van der Waals surface area contributed by atoms with E-state index in [-0.39, 0.29) is 16.4 Å². The first-order valence-electron chi connectivity index (χ1n) is 9.09. The smallest absolute Gasteiger partial charge is 0.337 e. The highest BCUT2D eigenvalue weighted by atomic mass is 32.2. The van der Waals surface area contributed by atoms with Crippen LogP contribution in [0, 0.1) is 0 Å². The summed E-state index contributed by atoms with van der Waals surface area (Å²) in [5.41, 5.74) is 0.970. The van der Waals surface area contributed by atoms with Crippen LogP contribution in [0.1, 0.15) is 20.7 Å². The van der Waals surface area contributed by atoms with E-state index >= 15 is 0 Å². The Morgan fingerprint density at radius 1 is 0.966 bits per heavy atom. The number of rotatable bonds is 5. The van der Waals surface area contributed by atoms with E-state index in [1.54, 1.807) is 29.2 Å². The molecular formula is C20H23N3O5S. The summed E-state index contributed by atoms with van der Waals surface area (Å²) in [7, 11) is -0.650. The number of hydrogen-bond donors (Lipinski definition) is 1. The van der Waals surface area contributed by atoms with Crippen LogP contribution in [0.5, 0.6) is 0 Å². The molecule has 154 valence electrons. The van der Waals surface area contributed by atoms with Gasteiger partial charge in [0.15, 0.2) is 0 Å². The molecule has 1 fully saturated rings. The number of sulfonamides is 1. The number of likely N-dealkylation sites (N-methyl/N-ethyl adjacent to an activating group) is 1. The molecule has 1 aliphatic rings. The molecule has 2 aromatic carbocycles. The maximum Gasteiger partial charge on any atom is 0.337 e. The lowest BCUT2D eigenvalue weighted by atomic mass is 10.1. The zero-order valence-corrected chi connectivity index (χ0v) is 17.1. The molecule has 3 rings (SSSR count). The predicted molar refractivity (Wildman–Crippen MR) is 108 cm³/mol. The number of carbonyl (C=O) groups excluding carboxylic acids is 2. The van der Waals surface area contributed by atoms with Gasteiger partial charge in [0.05, 0.1) is 17.6 Å². The second-order valence-electron chi connectivity index (χ2n) is 6.80. The Balaban J connectivity index is 1.72. The second-order valence-corrected chi connectivity index (χ2v) is 8.48. The number of nitrogens with zero attached hydrogens (tertiary/aromatic N) is 2. The Morgan fingerprint density at radius 2 is 1.62 bits per heavy atom. The Labute approximate surface area is 170 Å². The normalized spacial score (nSPS) is 15.0. The van der Waals surface area contributed by atoms with Crippen LogP contribution < -0.4 is 4.72 Å². The predicted octanol–water partition coefficient (Wildman–Crippen LogP) is 1.66. The summed E-state index contributed by atoms with van der Waals surface area (Å²) >= 11 is 0. The maximum absolute atomic E-state index is 12.6. The summed E-state index contributed by atoms with van der Waals surface area (Å²) in [5.74, 6) is -0.688. The monoisotopic (exact) mass is 417 g/mol. The average molecular weight is 417 g/mol. The number of hydrogen-bond acceptors (Lipinski definition) is 6. The molecule has 8 nitrogen and oxygen atoms in total. The first-order valence-corrected chi connectivity index (χ1v) is 10.6. The highest BCUT2D eigenvalue weighted by molar-refractivity contribution is 7.92. The fourth-order valence-corrected chi connectivity index (χ4v) is 4.10. The Hall–Kier alpha value is -2.91. The van der Waals surface area contributed by atoms with Crippen molar-refractivity contribution >= 4 is 27.6 Å². The van der Waals surface area contributed by atoms with E-state index in [4.69, 9.17) is 0 Å². The molecule has 0 radical (unpaired) electrons. The number of methoxy groups -OCH3 is 1. The minimum Gasteiger partial charge on any atom is -0.465 e. The summed E-state index contributed by atoms with van der Waals surface area (Å²) in [6, 6.07) is 11.9. The van der Waals surface area contributed by atoms with Gasteiger partial charge in [-0.1, -0.05) is 6.07 Å². The first kappa shape index (κ1) is 20.8. The molecule has 1 saturated heterocycles. The lowest BCUT2D eigenvalue weighted by molar-refractivity contribution is 0.0599. The van der Waals surface area contributed by atoms with Crippen molar-refractivity contribution in [2.75, 3.05) is 45.1 Å². The van der Waals surface area contributed by atoms with E-state index in [0.717, 1.165) is 13.1 Å². The third-order valence-corrected chi connectivity index (χ3v) is 6.12. The lowest BCUT2D eigenvalue weighted by Gasteiger charge is -2.32. The number of amides is 1. The summed E-state index contributed by atoms with van der Waals surface area (Å²) in [6.45, 7) is 2.99. The van der Waals surface area contributed by atoms with Crippen molar-refractivity contribution in [2.45, 2.75) is 4.90 Å². The van der Waals surface area contributed by atoms with Crippen molar-refractivity contribution in [1.29, 1.82) is 0 Å². The lowest BCUT2D eigenvalue weighted by Crippen LogP contribution is -2.47. The second kappa shape index (κ2) is 8.62. The van der Waals surface area contributed by atoms with Gasteiger partial charge in [-0.25, -0.2) is 13.2 Å². The summed E-state index contributed by atoms with van der Waals surface area (Å²) in [5, 5.41) is 0. The fourth-order valence-electron chi connectivity index (χ4n) is 3.00. The minimum atomic E-state index is -3.90. The number of piperazine rings is 1. The van der Waals surface area contributed by atoms with Crippen LogP contribution in [-0.4, -0.2) is 70.4 Å². The van der Waals surface area contributed by atoms with Gasteiger partial charge >= 0.3 is 5.97 Å². The Bertz CT molecular complexity index is 997. The zero-order chi connectivity index (χ0) is 21.0. The van der Waals surface area contributed by atoms with Crippen molar-refractivity contribution in [1.82, 2.24) is 9.80 Å². The Morgan fingerprint density at radius 3 is 2.24 bits per heavy atom. The van der Waals surface area contributed by atoms with Crippen LogP contribution in [-0.2, 0) is 14.8 Å². The van der Waals surface area contributed by atoms with Crippen molar-refractivity contribution in [2.24, 2.45) is 0 Å². The molecule has 0 unspecified atom stereocenters. The van der Waals surface area contributed by atoms with Gasteiger partial charge < -0.3 is 14.5 Å². The van der Waals surface area contributed by atoms with E-state index in [1.165, 1.54) is 31.4 Å². The molecule has 1 N–H and O–H groups in total. The van der Waals surface area contributed by atoms with E-state index < -0.39 is 16.0 Å². The molecule has 1 heterocycles. The van der Waals surface area contributed by atoms with Crippen LogP contribution in [0.25, 0.3) is 0 Å². The minimum absolute atomic E-state index is 0.0574. The van der Waals surface area contributed by atoms with Crippen molar-refractivity contribution in [3.8, 4) is 0 Å². The molecular weight excluding hydrogens is 394 g/mol. The molecule has 0 bridgehead atoms. The van der Waals surface area contributed by atoms with E-state index in [1.807, 2.05) is 7.05 Å². The molecule has 2 aromatic rings. The van der Waals surface area contributed by atoms with E-state index in [2.05, 4.69) is 14.4 Å². The molecule has 1 amide bonds. The molecule has 0 spiro atoms. The molecule has 9 heteroatoms. The van der Waals surface area contributed by atoms with Crippen molar-refractivity contribution in [3.63, 3.8) is 0 Å². The molecule has 0 aliphatic carbocycles.